The number of benzene rings is 1. The van der Waals surface area contributed by atoms with Gasteiger partial charge in [-0.1, -0.05) is 11.8 Å². The fourth-order valence-electron chi connectivity index (χ4n) is 1.99. The van der Waals surface area contributed by atoms with E-state index in [1.807, 2.05) is 0 Å². The molecule has 0 aliphatic carbocycles. The van der Waals surface area contributed by atoms with Gasteiger partial charge in [0.05, 0.1) is 21.5 Å². The molecule has 7 heteroatoms. The average molecular weight is 385 g/mol. The van der Waals surface area contributed by atoms with E-state index in [2.05, 4.69) is 16.8 Å². The number of rotatable bonds is 8. The van der Waals surface area contributed by atoms with Crippen molar-refractivity contribution >= 4 is 11.9 Å². The molecule has 7 nitrogen and oxygen atoms in total. The minimum absolute atomic E-state index is 0.0618. The van der Waals surface area contributed by atoms with Gasteiger partial charge < -0.3 is 18.9 Å². The molecule has 1 aromatic heterocycles. The van der Waals surface area contributed by atoms with Crippen LogP contribution < -0.4 is 9.47 Å². The van der Waals surface area contributed by atoms with E-state index in [9.17, 15) is 9.59 Å². The highest BCUT2D eigenvalue weighted by atomic mass is 16.6. The molecular formula is C21H21NO6. The van der Waals surface area contributed by atoms with Crippen LogP contribution in [0.15, 0.2) is 42.7 Å². The number of carbonyl (C=O) groups excluding carboxylic acids is 2. The van der Waals surface area contributed by atoms with E-state index in [4.69, 9.17) is 21.7 Å². The second-order valence-electron chi connectivity index (χ2n) is 5.21. The Morgan fingerprint density at radius 2 is 1.61 bits per heavy atom. The summed E-state index contributed by atoms with van der Waals surface area (Å²) < 4.78 is 35.7. The van der Waals surface area contributed by atoms with Crippen molar-refractivity contribution < 1.29 is 31.3 Å². The summed E-state index contributed by atoms with van der Waals surface area (Å²) in [6, 6.07) is 7.57. The Morgan fingerprint density at radius 3 is 2.25 bits per heavy atom. The summed E-state index contributed by atoms with van der Waals surface area (Å²) in [5, 5.41) is 0. The molecule has 0 amide bonds. The summed E-state index contributed by atoms with van der Waals surface area (Å²) in [6.45, 7) is 3.26. The molecule has 0 saturated heterocycles. The number of aromatic nitrogens is 1. The molecule has 0 aliphatic heterocycles. The molecule has 0 unspecified atom stereocenters. The number of hydrogen-bond donors (Lipinski definition) is 0. The lowest BCUT2D eigenvalue weighted by Gasteiger charge is -2.11. The van der Waals surface area contributed by atoms with Gasteiger partial charge in [-0.15, -0.1) is 0 Å². The Morgan fingerprint density at radius 1 is 0.964 bits per heavy atom. The van der Waals surface area contributed by atoms with Gasteiger partial charge in [0.1, 0.15) is 11.5 Å². The summed E-state index contributed by atoms with van der Waals surface area (Å²) in [5.41, 5.74) is 0.886. The summed E-state index contributed by atoms with van der Waals surface area (Å²) in [4.78, 5) is 26.8. The molecule has 0 N–H and O–H groups in total. The molecule has 1 aromatic carbocycles. The average Bonchev–Trinajstić information content (AvgIpc) is 2.69. The summed E-state index contributed by atoms with van der Waals surface area (Å²) in [7, 11) is 0. The number of nitrogens with zero attached hydrogens (tertiary/aromatic N) is 1. The van der Waals surface area contributed by atoms with Crippen LogP contribution >= 0.6 is 0 Å². The highest BCUT2D eigenvalue weighted by Gasteiger charge is 2.10. The van der Waals surface area contributed by atoms with Crippen molar-refractivity contribution in [3.63, 3.8) is 0 Å². The first-order chi connectivity index (χ1) is 14.4. The molecule has 0 bridgehead atoms. The van der Waals surface area contributed by atoms with E-state index < -0.39 is 11.9 Å². The number of hydrogen-bond acceptors (Lipinski definition) is 7. The van der Waals surface area contributed by atoms with Crippen molar-refractivity contribution in [3.8, 4) is 23.3 Å². The van der Waals surface area contributed by atoms with Gasteiger partial charge in [-0.25, -0.2) is 9.59 Å². The molecule has 0 radical (unpaired) electrons. The molecule has 1 heterocycles. The van der Waals surface area contributed by atoms with Gasteiger partial charge >= 0.3 is 11.9 Å². The van der Waals surface area contributed by atoms with Crippen LogP contribution in [0.1, 0.15) is 27.7 Å². The lowest BCUT2D eigenvalue weighted by Crippen LogP contribution is -2.16. The Kier molecular flexibility index (Phi) is 7.17. The molecule has 146 valence electrons. The zero-order valence-corrected chi connectivity index (χ0v) is 15.6. The molecule has 0 atom stereocenters. The third-order valence-electron chi connectivity index (χ3n) is 3.18. The molecule has 2 aromatic rings. The first-order valence-corrected chi connectivity index (χ1v) is 8.59. The quantitative estimate of drug-likeness (QED) is 0.509. The smallest absolute Gasteiger partial charge is 0.344 e. The van der Waals surface area contributed by atoms with Crippen LogP contribution in [0, 0.1) is 11.8 Å². The SMILES string of the molecule is [2H]c1cc(C#Cc2ccc(OCC(=O)OCC)cc2OCC(=O)OCC)cc([2H])n1. The predicted octanol–water partition coefficient (Wildman–Crippen LogP) is 2.37. The minimum Gasteiger partial charge on any atom is -0.482 e. The normalized spacial score (nSPS) is 10.6. The second kappa shape index (κ2) is 11.2. The van der Waals surface area contributed by atoms with Crippen LogP contribution in [-0.2, 0) is 19.1 Å². The van der Waals surface area contributed by atoms with E-state index >= 15 is 0 Å². The molecule has 2 rings (SSSR count). The minimum atomic E-state index is -0.541. The van der Waals surface area contributed by atoms with Gasteiger partial charge in [0.15, 0.2) is 13.2 Å². The standard InChI is InChI=1S/C21H21NO6/c1-3-25-20(23)14-27-18-8-7-17(6-5-16-9-11-22-12-10-16)19(13-18)28-15-21(24)26-4-2/h7-13H,3-4,14-15H2,1-2H3/i11D,12D. The fraction of sp³-hybridized carbons (Fsp3) is 0.286. The van der Waals surface area contributed by atoms with E-state index in [0.717, 1.165) is 0 Å². The maximum absolute atomic E-state index is 11.6. The van der Waals surface area contributed by atoms with Crippen LogP contribution in [0.4, 0.5) is 0 Å². The highest BCUT2D eigenvalue weighted by Crippen LogP contribution is 2.25. The van der Waals surface area contributed by atoms with Crippen molar-refractivity contribution in [1.29, 1.82) is 0 Å². The summed E-state index contributed by atoms with van der Waals surface area (Å²) in [6.07, 6.45) is -0.124. The molecular weight excluding hydrogens is 362 g/mol. The maximum atomic E-state index is 11.6. The molecule has 0 saturated carbocycles. The van der Waals surface area contributed by atoms with Crippen LogP contribution in [0.3, 0.4) is 0 Å². The van der Waals surface area contributed by atoms with Gasteiger partial charge in [0.25, 0.3) is 0 Å². The van der Waals surface area contributed by atoms with Gasteiger partial charge in [0.2, 0.25) is 0 Å². The predicted molar refractivity (Wildman–Crippen MR) is 101 cm³/mol. The Hall–Kier alpha value is -3.53. The van der Waals surface area contributed by atoms with Crippen molar-refractivity contribution in [3.05, 3.63) is 53.8 Å². The van der Waals surface area contributed by atoms with Gasteiger partial charge in [-0.2, -0.15) is 0 Å². The topological polar surface area (TPSA) is 84.0 Å². The number of ether oxygens (including phenoxy) is 4. The monoisotopic (exact) mass is 385 g/mol. The Bertz CT molecular complexity index is 947. The zero-order chi connectivity index (χ0) is 21.9. The van der Waals surface area contributed by atoms with Crippen molar-refractivity contribution in [2.75, 3.05) is 26.4 Å². The Labute approximate surface area is 166 Å². The van der Waals surface area contributed by atoms with Gasteiger partial charge in [-0.3, -0.25) is 4.98 Å². The van der Waals surface area contributed by atoms with E-state index in [1.54, 1.807) is 26.0 Å². The van der Waals surface area contributed by atoms with Crippen molar-refractivity contribution in [1.82, 2.24) is 4.98 Å². The zero-order valence-electron chi connectivity index (χ0n) is 17.6. The molecule has 28 heavy (non-hydrogen) atoms. The number of esters is 2. The molecule has 0 aliphatic rings. The molecule has 0 fully saturated rings. The van der Waals surface area contributed by atoms with Crippen LogP contribution in [0.5, 0.6) is 11.5 Å². The lowest BCUT2D eigenvalue weighted by molar-refractivity contribution is -0.146. The number of pyridine rings is 1. The van der Waals surface area contributed by atoms with Crippen LogP contribution in [0.25, 0.3) is 0 Å². The Balaban J connectivity index is 2.25. The van der Waals surface area contributed by atoms with Crippen LogP contribution in [-0.4, -0.2) is 43.4 Å². The highest BCUT2D eigenvalue weighted by molar-refractivity contribution is 5.72. The lowest BCUT2D eigenvalue weighted by atomic mass is 10.1. The maximum Gasteiger partial charge on any atom is 0.344 e. The van der Waals surface area contributed by atoms with Gasteiger partial charge in [0, 0.05) is 24.0 Å². The fourth-order valence-corrected chi connectivity index (χ4v) is 1.99. The van der Waals surface area contributed by atoms with Crippen molar-refractivity contribution in [2.24, 2.45) is 0 Å². The first kappa shape index (κ1) is 17.9. The third-order valence-corrected chi connectivity index (χ3v) is 3.18. The summed E-state index contributed by atoms with van der Waals surface area (Å²) in [5.74, 6) is 5.26. The van der Waals surface area contributed by atoms with Crippen LogP contribution in [0.2, 0.25) is 0 Å². The first-order valence-electron chi connectivity index (χ1n) is 9.59. The third kappa shape index (κ3) is 7.00. The van der Waals surface area contributed by atoms with Crippen molar-refractivity contribution in [2.45, 2.75) is 13.8 Å². The van der Waals surface area contributed by atoms with E-state index in [-0.39, 0.29) is 44.5 Å². The molecule has 0 spiro atoms. The van der Waals surface area contributed by atoms with Gasteiger partial charge in [-0.05, 0) is 38.1 Å². The summed E-state index contributed by atoms with van der Waals surface area (Å²) >= 11 is 0. The van der Waals surface area contributed by atoms with E-state index in [0.29, 0.717) is 16.9 Å². The van der Waals surface area contributed by atoms with E-state index in [1.165, 1.54) is 18.2 Å². The largest absolute Gasteiger partial charge is 0.482 e. The second-order valence-corrected chi connectivity index (χ2v) is 5.21. The number of carbonyl (C=O) groups is 2.